The molecule has 1 atom stereocenters. The Kier molecular flexibility index (Phi) is 4.09. The molecule has 2 aromatic carbocycles. The highest BCUT2D eigenvalue weighted by Gasteiger charge is 2.31. The van der Waals surface area contributed by atoms with Crippen molar-refractivity contribution >= 4 is 38.5 Å². The van der Waals surface area contributed by atoms with Crippen molar-refractivity contribution in [3.63, 3.8) is 0 Å². The summed E-state index contributed by atoms with van der Waals surface area (Å²) in [6.07, 6.45) is 2.49. The number of hydrogen-bond donors (Lipinski definition) is 0. The zero-order valence-corrected chi connectivity index (χ0v) is 15.3. The van der Waals surface area contributed by atoms with Crippen LogP contribution in [0.5, 0.6) is 0 Å². The standard InChI is InChI=1S/C20H16BrN3O/c1-13(25)24-20(12-19(23-24)14-4-7-17(21)8-5-14)16-6-9-18-15(11-16)3-2-10-22-18/h2-11,20H,12H2,1H3. The summed E-state index contributed by atoms with van der Waals surface area (Å²) < 4.78 is 1.02. The third kappa shape index (κ3) is 3.07. The van der Waals surface area contributed by atoms with Crippen LogP contribution in [0.1, 0.15) is 30.5 Å². The number of pyridine rings is 1. The highest BCUT2D eigenvalue weighted by Crippen LogP contribution is 2.34. The van der Waals surface area contributed by atoms with Gasteiger partial charge in [-0.2, -0.15) is 5.10 Å². The van der Waals surface area contributed by atoms with Crippen molar-refractivity contribution in [2.24, 2.45) is 5.10 Å². The van der Waals surface area contributed by atoms with Crippen LogP contribution in [-0.2, 0) is 4.79 Å². The van der Waals surface area contributed by atoms with Crippen LogP contribution < -0.4 is 0 Å². The minimum Gasteiger partial charge on any atom is -0.273 e. The highest BCUT2D eigenvalue weighted by atomic mass is 79.9. The number of halogens is 1. The molecule has 0 fully saturated rings. The average Bonchev–Trinajstić information content (AvgIpc) is 3.07. The lowest BCUT2D eigenvalue weighted by Gasteiger charge is -2.20. The number of rotatable bonds is 2. The minimum absolute atomic E-state index is 0.0524. The van der Waals surface area contributed by atoms with Crippen LogP contribution in [0.3, 0.4) is 0 Å². The van der Waals surface area contributed by atoms with Crippen molar-refractivity contribution in [3.05, 3.63) is 76.4 Å². The summed E-state index contributed by atoms with van der Waals surface area (Å²) in [6.45, 7) is 1.56. The second-order valence-electron chi connectivity index (χ2n) is 6.09. The predicted octanol–water partition coefficient (Wildman–Crippen LogP) is 4.69. The number of nitrogens with zero attached hydrogens (tertiary/aromatic N) is 3. The fraction of sp³-hybridized carbons (Fsp3) is 0.150. The van der Waals surface area contributed by atoms with Crippen LogP contribution in [0.25, 0.3) is 10.9 Å². The molecule has 2 heterocycles. The van der Waals surface area contributed by atoms with Gasteiger partial charge in [0.05, 0.1) is 17.3 Å². The molecular weight excluding hydrogens is 378 g/mol. The van der Waals surface area contributed by atoms with Crippen molar-refractivity contribution in [2.45, 2.75) is 19.4 Å². The Morgan fingerprint density at radius 2 is 1.96 bits per heavy atom. The molecule has 4 nitrogen and oxygen atoms in total. The van der Waals surface area contributed by atoms with Gasteiger partial charge < -0.3 is 0 Å². The summed E-state index contributed by atoms with van der Waals surface area (Å²) in [5, 5.41) is 7.26. The Morgan fingerprint density at radius 3 is 2.72 bits per heavy atom. The Morgan fingerprint density at radius 1 is 1.16 bits per heavy atom. The number of carbonyl (C=O) groups excluding carboxylic acids is 1. The van der Waals surface area contributed by atoms with E-state index in [0.717, 1.165) is 32.2 Å². The van der Waals surface area contributed by atoms with Crippen LogP contribution in [0.4, 0.5) is 0 Å². The van der Waals surface area contributed by atoms with Gasteiger partial charge in [0.15, 0.2) is 0 Å². The van der Waals surface area contributed by atoms with E-state index in [1.54, 1.807) is 18.1 Å². The minimum atomic E-state index is -0.0826. The van der Waals surface area contributed by atoms with Crippen LogP contribution in [-0.4, -0.2) is 21.6 Å². The smallest absolute Gasteiger partial charge is 0.240 e. The van der Waals surface area contributed by atoms with Gasteiger partial charge in [0.2, 0.25) is 5.91 Å². The first-order valence-corrected chi connectivity index (χ1v) is 8.89. The van der Waals surface area contributed by atoms with Crippen molar-refractivity contribution in [1.29, 1.82) is 0 Å². The molecule has 0 spiro atoms. The first-order chi connectivity index (χ1) is 12.1. The molecular formula is C20H16BrN3O. The number of aromatic nitrogens is 1. The molecule has 1 aliphatic heterocycles. The summed E-state index contributed by atoms with van der Waals surface area (Å²) in [4.78, 5) is 16.5. The maximum Gasteiger partial charge on any atom is 0.240 e. The van der Waals surface area contributed by atoms with Gasteiger partial charge in [-0.15, -0.1) is 0 Å². The molecule has 0 aliphatic carbocycles. The summed E-state index contributed by atoms with van der Waals surface area (Å²) >= 11 is 3.45. The molecule has 1 amide bonds. The van der Waals surface area contributed by atoms with E-state index in [-0.39, 0.29) is 11.9 Å². The average molecular weight is 394 g/mol. The van der Waals surface area contributed by atoms with E-state index < -0.39 is 0 Å². The van der Waals surface area contributed by atoms with E-state index in [1.807, 2.05) is 48.5 Å². The van der Waals surface area contributed by atoms with E-state index in [0.29, 0.717) is 6.42 Å². The largest absolute Gasteiger partial charge is 0.273 e. The Labute approximate surface area is 154 Å². The Balaban J connectivity index is 1.71. The molecule has 0 N–H and O–H groups in total. The zero-order chi connectivity index (χ0) is 17.4. The Bertz CT molecular complexity index is 982. The topological polar surface area (TPSA) is 45.6 Å². The van der Waals surface area contributed by atoms with E-state index in [4.69, 9.17) is 0 Å². The number of fused-ring (bicyclic) bond motifs is 1. The molecule has 5 heteroatoms. The van der Waals surface area contributed by atoms with Crippen molar-refractivity contribution in [1.82, 2.24) is 9.99 Å². The summed E-state index contributed by atoms with van der Waals surface area (Å²) in [6, 6.07) is 18.0. The third-order valence-corrected chi connectivity index (χ3v) is 4.95. The fourth-order valence-electron chi connectivity index (χ4n) is 3.18. The number of hydrogen-bond acceptors (Lipinski definition) is 3. The first-order valence-electron chi connectivity index (χ1n) is 8.10. The van der Waals surface area contributed by atoms with Gasteiger partial charge in [-0.05, 0) is 41.5 Å². The van der Waals surface area contributed by atoms with Crippen LogP contribution in [0.15, 0.2) is 70.4 Å². The Hall–Kier alpha value is -2.53. The van der Waals surface area contributed by atoms with Crippen LogP contribution in [0, 0.1) is 0 Å². The van der Waals surface area contributed by atoms with Crippen LogP contribution >= 0.6 is 15.9 Å². The van der Waals surface area contributed by atoms with E-state index >= 15 is 0 Å². The lowest BCUT2D eigenvalue weighted by atomic mass is 9.97. The number of amides is 1. The molecule has 0 bridgehead atoms. The second-order valence-corrected chi connectivity index (χ2v) is 7.01. The van der Waals surface area contributed by atoms with E-state index in [9.17, 15) is 4.79 Å². The summed E-state index contributed by atoms with van der Waals surface area (Å²) in [7, 11) is 0. The fourth-order valence-corrected chi connectivity index (χ4v) is 3.44. The molecule has 0 saturated heterocycles. The normalized spacial score (nSPS) is 17.0. The SMILES string of the molecule is CC(=O)N1N=C(c2ccc(Br)cc2)CC1c1ccc2ncccc2c1. The molecule has 124 valence electrons. The second kappa shape index (κ2) is 6.41. The molecule has 25 heavy (non-hydrogen) atoms. The molecule has 0 saturated carbocycles. The molecule has 1 aromatic heterocycles. The lowest BCUT2D eigenvalue weighted by Crippen LogP contribution is -2.24. The number of benzene rings is 2. The first kappa shape index (κ1) is 16.0. The van der Waals surface area contributed by atoms with Crippen molar-refractivity contribution in [2.75, 3.05) is 0 Å². The maximum absolute atomic E-state index is 12.1. The molecule has 1 aliphatic rings. The number of carbonyl (C=O) groups is 1. The monoisotopic (exact) mass is 393 g/mol. The molecule has 0 radical (unpaired) electrons. The molecule has 1 unspecified atom stereocenters. The van der Waals surface area contributed by atoms with E-state index in [2.05, 4.69) is 32.1 Å². The van der Waals surface area contributed by atoms with Gasteiger partial charge in [0, 0.05) is 29.4 Å². The van der Waals surface area contributed by atoms with Crippen molar-refractivity contribution < 1.29 is 4.79 Å². The van der Waals surface area contributed by atoms with Crippen LogP contribution in [0.2, 0.25) is 0 Å². The predicted molar refractivity (Wildman–Crippen MR) is 102 cm³/mol. The summed E-state index contributed by atoms with van der Waals surface area (Å²) in [5.74, 6) is -0.0524. The number of hydrazone groups is 1. The third-order valence-electron chi connectivity index (χ3n) is 4.42. The van der Waals surface area contributed by atoms with Gasteiger partial charge in [-0.3, -0.25) is 9.78 Å². The quantitative estimate of drug-likeness (QED) is 0.633. The van der Waals surface area contributed by atoms with Gasteiger partial charge in [-0.25, -0.2) is 5.01 Å². The molecule has 4 rings (SSSR count). The van der Waals surface area contributed by atoms with Gasteiger partial charge in [0.1, 0.15) is 0 Å². The van der Waals surface area contributed by atoms with Gasteiger partial charge >= 0.3 is 0 Å². The summed E-state index contributed by atoms with van der Waals surface area (Å²) in [5.41, 5.74) is 4.00. The highest BCUT2D eigenvalue weighted by molar-refractivity contribution is 9.10. The molecule has 3 aromatic rings. The van der Waals surface area contributed by atoms with Crippen molar-refractivity contribution in [3.8, 4) is 0 Å². The zero-order valence-electron chi connectivity index (χ0n) is 13.7. The van der Waals surface area contributed by atoms with Gasteiger partial charge in [0.25, 0.3) is 0 Å². The van der Waals surface area contributed by atoms with Gasteiger partial charge in [-0.1, -0.05) is 40.2 Å². The lowest BCUT2D eigenvalue weighted by molar-refractivity contribution is -0.130. The maximum atomic E-state index is 12.1. The van der Waals surface area contributed by atoms with E-state index in [1.165, 1.54) is 0 Å².